The first-order valence-electron chi connectivity index (χ1n) is 4.36. The molecule has 3 nitrogen and oxygen atoms in total. The highest BCUT2D eigenvalue weighted by Gasteiger charge is 2.01. The molecular weight excluding hydrogens is 208 g/mol. The van der Waals surface area contributed by atoms with Crippen LogP contribution in [0, 0.1) is 0 Å². The van der Waals surface area contributed by atoms with Gasteiger partial charge in [-0.1, -0.05) is 0 Å². The zero-order valence-electron chi connectivity index (χ0n) is 8.10. The Labute approximate surface area is 92.4 Å². The van der Waals surface area contributed by atoms with E-state index in [1.54, 1.807) is 19.4 Å². The largest absolute Gasteiger partial charge is 0.497 e. The maximum atomic E-state index is 5.14. The van der Waals surface area contributed by atoms with E-state index in [4.69, 9.17) is 4.74 Å². The summed E-state index contributed by atoms with van der Waals surface area (Å²) in [6.07, 6.45) is 1.69. The number of ether oxygens (including phenoxy) is 1. The first kappa shape index (κ1) is 9.77. The second kappa shape index (κ2) is 4.17. The van der Waals surface area contributed by atoms with Crippen LogP contribution < -0.4 is 4.74 Å². The topological polar surface area (TPSA) is 34.5 Å². The molecule has 1 aromatic heterocycles. The van der Waals surface area contributed by atoms with Gasteiger partial charge in [0.1, 0.15) is 5.75 Å². The number of benzene rings is 1. The van der Waals surface area contributed by atoms with Crippen molar-refractivity contribution >= 4 is 34.0 Å². The van der Waals surface area contributed by atoms with Crippen molar-refractivity contribution in [1.29, 1.82) is 0 Å². The third-order valence-electron chi connectivity index (χ3n) is 2.09. The number of fused-ring (bicyclic) bond motifs is 1. The maximum Gasteiger partial charge on any atom is 0.119 e. The highest BCUT2D eigenvalue weighted by Crippen LogP contribution is 2.27. The van der Waals surface area contributed by atoms with Gasteiger partial charge in [-0.05, 0) is 36.5 Å². The number of thiocarbonyl (C=S) groups is 1. The van der Waals surface area contributed by atoms with Crippen molar-refractivity contribution < 1.29 is 4.74 Å². The molecule has 0 atom stereocenters. The third kappa shape index (κ3) is 1.86. The lowest BCUT2D eigenvalue weighted by atomic mass is 10.2. The molecule has 1 aromatic carbocycles. The van der Waals surface area contributed by atoms with Gasteiger partial charge in [0, 0.05) is 11.6 Å². The van der Waals surface area contributed by atoms with Gasteiger partial charge in [-0.2, -0.15) is 4.99 Å². The fraction of sp³-hybridized carbons (Fsp3) is 0.0909. The van der Waals surface area contributed by atoms with Crippen molar-refractivity contribution in [3.05, 3.63) is 30.5 Å². The van der Waals surface area contributed by atoms with Crippen LogP contribution >= 0.6 is 12.2 Å². The summed E-state index contributed by atoms with van der Waals surface area (Å²) in [5, 5.41) is 3.26. The summed E-state index contributed by atoms with van der Waals surface area (Å²) >= 11 is 4.59. The van der Waals surface area contributed by atoms with Crippen LogP contribution in [0.5, 0.6) is 5.75 Å². The standard InChI is InChI=1S/C11H8N2OS/c1-14-8-2-3-10-9(6-8)11(13-7-15)4-5-12-10/h2-6H,1H3. The molecule has 1 heterocycles. The Kier molecular flexibility index (Phi) is 2.72. The van der Waals surface area contributed by atoms with E-state index < -0.39 is 0 Å². The van der Waals surface area contributed by atoms with E-state index in [2.05, 4.69) is 27.4 Å². The molecule has 4 heteroatoms. The van der Waals surface area contributed by atoms with E-state index in [1.807, 2.05) is 18.2 Å². The molecule has 0 saturated carbocycles. The van der Waals surface area contributed by atoms with Gasteiger partial charge in [0.15, 0.2) is 0 Å². The molecule has 0 unspecified atom stereocenters. The predicted molar refractivity (Wildman–Crippen MR) is 63.0 cm³/mol. The maximum absolute atomic E-state index is 5.14. The molecule has 0 amide bonds. The number of methoxy groups -OCH3 is 1. The molecule has 0 spiro atoms. The van der Waals surface area contributed by atoms with E-state index in [9.17, 15) is 0 Å². The monoisotopic (exact) mass is 216 g/mol. The first-order valence-corrected chi connectivity index (χ1v) is 4.76. The summed E-state index contributed by atoms with van der Waals surface area (Å²) in [4.78, 5) is 8.20. The van der Waals surface area contributed by atoms with Gasteiger partial charge < -0.3 is 4.74 Å². The second-order valence-electron chi connectivity index (χ2n) is 2.92. The van der Waals surface area contributed by atoms with E-state index in [-0.39, 0.29) is 0 Å². The van der Waals surface area contributed by atoms with Gasteiger partial charge in [0.2, 0.25) is 0 Å². The summed E-state index contributed by atoms with van der Waals surface area (Å²) in [5.74, 6) is 0.774. The Balaban J connectivity index is 2.75. The number of aromatic nitrogens is 1. The Bertz CT molecular complexity index is 547. The average molecular weight is 216 g/mol. The van der Waals surface area contributed by atoms with Crippen LogP contribution in [0.2, 0.25) is 0 Å². The molecule has 0 aliphatic heterocycles. The molecule has 2 aromatic rings. The van der Waals surface area contributed by atoms with E-state index in [1.165, 1.54) is 0 Å². The lowest BCUT2D eigenvalue weighted by Gasteiger charge is -2.03. The summed E-state index contributed by atoms with van der Waals surface area (Å²) in [5.41, 5.74) is 1.62. The fourth-order valence-electron chi connectivity index (χ4n) is 1.38. The first-order chi connectivity index (χ1) is 7.35. The van der Waals surface area contributed by atoms with Crippen molar-refractivity contribution in [2.24, 2.45) is 4.99 Å². The van der Waals surface area contributed by atoms with Gasteiger partial charge in [-0.25, -0.2) is 0 Å². The van der Waals surface area contributed by atoms with Gasteiger partial charge in [0.05, 0.1) is 23.5 Å². The highest BCUT2D eigenvalue weighted by atomic mass is 32.1. The molecule has 0 N–H and O–H groups in total. The molecule has 0 radical (unpaired) electrons. The van der Waals surface area contributed by atoms with Crippen LogP contribution in [0.25, 0.3) is 10.9 Å². The van der Waals surface area contributed by atoms with Crippen molar-refractivity contribution in [2.75, 3.05) is 7.11 Å². The number of hydrogen-bond acceptors (Lipinski definition) is 4. The summed E-state index contributed by atoms with van der Waals surface area (Å²) in [7, 11) is 1.62. The van der Waals surface area contributed by atoms with Crippen LogP contribution in [-0.2, 0) is 0 Å². The number of hydrogen-bond donors (Lipinski definition) is 0. The van der Waals surface area contributed by atoms with E-state index in [0.29, 0.717) is 0 Å². The van der Waals surface area contributed by atoms with Gasteiger partial charge in [0.25, 0.3) is 0 Å². The number of rotatable bonds is 2. The average Bonchev–Trinajstić information content (AvgIpc) is 2.29. The zero-order chi connectivity index (χ0) is 10.7. The molecule has 0 aliphatic carbocycles. The lowest BCUT2D eigenvalue weighted by Crippen LogP contribution is -1.84. The van der Waals surface area contributed by atoms with E-state index >= 15 is 0 Å². The smallest absolute Gasteiger partial charge is 0.119 e. The number of pyridine rings is 1. The summed E-state index contributed by atoms with van der Waals surface area (Å²) < 4.78 is 5.14. The lowest BCUT2D eigenvalue weighted by molar-refractivity contribution is 0.415. The zero-order valence-corrected chi connectivity index (χ0v) is 8.91. The molecule has 2 rings (SSSR count). The van der Waals surface area contributed by atoms with Gasteiger partial charge in [-0.15, -0.1) is 0 Å². The second-order valence-corrected chi connectivity index (χ2v) is 3.10. The van der Waals surface area contributed by atoms with Crippen LogP contribution in [0.3, 0.4) is 0 Å². The van der Waals surface area contributed by atoms with Crippen LogP contribution in [-0.4, -0.2) is 17.3 Å². The van der Waals surface area contributed by atoms with Gasteiger partial charge in [-0.3, -0.25) is 4.98 Å². The number of isothiocyanates is 1. The van der Waals surface area contributed by atoms with Crippen LogP contribution in [0.15, 0.2) is 35.5 Å². The number of nitrogens with zero attached hydrogens (tertiary/aromatic N) is 2. The number of aliphatic imine (C=N–C) groups is 1. The van der Waals surface area contributed by atoms with Crippen molar-refractivity contribution in [3.8, 4) is 5.75 Å². The Morgan fingerprint density at radius 2 is 2.27 bits per heavy atom. The quantitative estimate of drug-likeness (QED) is 0.571. The summed E-state index contributed by atoms with van der Waals surface area (Å²) in [6, 6.07) is 7.42. The van der Waals surface area contributed by atoms with Crippen LogP contribution in [0.4, 0.5) is 5.69 Å². The Morgan fingerprint density at radius 1 is 1.40 bits per heavy atom. The fourth-order valence-corrected chi connectivity index (χ4v) is 1.48. The molecule has 0 fully saturated rings. The van der Waals surface area contributed by atoms with Crippen molar-refractivity contribution in [2.45, 2.75) is 0 Å². The minimum atomic E-state index is 0.758. The molecule has 0 aliphatic rings. The molecular formula is C11H8N2OS. The Hall–Kier alpha value is -1.77. The highest BCUT2D eigenvalue weighted by molar-refractivity contribution is 7.78. The van der Waals surface area contributed by atoms with Gasteiger partial charge >= 0.3 is 0 Å². The van der Waals surface area contributed by atoms with E-state index in [0.717, 1.165) is 22.3 Å². The normalized spacial score (nSPS) is 9.67. The molecule has 0 saturated heterocycles. The molecule has 0 bridgehead atoms. The predicted octanol–water partition coefficient (Wildman–Crippen LogP) is 2.98. The third-order valence-corrected chi connectivity index (χ3v) is 2.18. The SMILES string of the molecule is COc1ccc2nccc(N=C=S)c2c1. The van der Waals surface area contributed by atoms with Crippen LogP contribution in [0.1, 0.15) is 0 Å². The molecule has 15 heavy (non-hydrogen) atoms. The Morgan fingerprint density at radius 3 is 3.00 bits per heavy atom. The minimum absolute atomic E-state index is 0.758. The van der Waals surface area contributed by atoms with Crippen molar-refractivity contribution in [1.82, 2.24) is 4.98 Å². The molecule has 74 valence electrons. The summed E-state index contributed by atoms with van der Waals surface area (Å²) in [6.45, 7) is 0. The minimum Gasteiger partial charge on any atom is -0.497 e. The van der Waals surface area contributed by atoms with Crippen molar-refractivity contribution in [3.63, 3.8) is 0 Å².